The Labute approximate surface area is 172 Å². The summed E-state index contributed by atoms with van der Waals surface area (Å²) in [5.74, 6) is 2.01. The number of hydrogen-bond donors (Lipinski definition) is 1. The largest absolute Gasteiger partial charge is 0.383 e. The lowest BCUT2D eigenvalue weighted by atomic mass is 9.48. The van der Waals surface area contributed by atoms with Crippen LogP contribution in [0.25, 0.3) is 11.0 Å². The van der Waals surface area contributed by atoms with Gasteiger partial charge in [0.1, 0.15) is 5.65 Å². The van der Waals surface area contributed by atoms with Crippen LogP contribution < -0.4 is 5.56 Å². The zero-order valence-electron chi connectivity index (χ0n) is 16.4. The molecule has 4 saturated carbocycles. The van der Waals surface area contributed by atoms with Crippen molar-refractivity contribution in [3.63, 3.8) is 0 Å². The zero-order valence-corrected chi connectivity index (χ0v) is 17.2. The predicted molar refractivity (Wildman–Crippen MR) is 108 cm³/mol. The number of aromatic amines is 1. The Hall–Kier alpha value is -1.67. The van der Waals surface area contributed by atoms with Crippen LogP contribution in [0.15, 0.2) is 10.9 Å². The first-order valence-corrected chi connectivity index (χ1v) is 10.8. The minimum atomic E-state index is -2.75. The monoisotopic (exact) mass is 421 g/mol. The van der Waals surface area contributed by atoms with Gasteiger partial charge in [0, 0.05) is 23.8 Å². The van der Waals surface area contributed by atoms with Gasteiger partial charge < -0.3 is 9.30 Å². The molecule has 156 valence electrons. The standard InChI is InChI=1S/C21H25F2N3O2S/c1-28-3-2-26-18-16(19(27)25-20(26)29)14(17(22)23)7-15(24-18)21-8-11-4-12(9-21)6-13(5-11)10-21/h7,11-13,17H,2-6,8-10H2,1H3,(H,25,27,29). The van der Waals surface area contributed by atoms with Crippen molar-refractivity contribution in [2.75, 3.05) is 13.7 Å². The summed E-state index contributed by atoms with van der Waals surface area (Å²) in [6.07, 6.45) is 4.09. The number of nitrogens with zero attached hydrogens (tertiary/aromatic N) is 2. The Bertz CT molecular complexity index is 1040. The van der Waals surface area contributed by atoms with Gasteiger partial charge in [0.15, 0.2) is 4.77 Å². The van der Waals surface area contributed by atoms with Crippen molar-refractivity contribution >= 4 is 23.3 Å². The molecular formula is C21H25F2N3O2S. The summed E-state index contributed by atoms with van der Waals surface area (Å²) in [5, 5.41) is -0.0572. The average Bonchev–Trinajstić information content (AvgIpc) is 2.65. The van der Waals surface area contributed by atoms with E-state index in [-0.39, 0.29) is 26.8 Å². The van der Waals surface area contributed by atoms with Crippen molar-refractivity contribution in [1.82, 2.24) is 14.5 Å². The summed E-state index contributed by atoms with van der Waals surface area (Å²) in [5.41, 5.74) is 0.0159. The normalized spacial score (nSPS) is 30.6. The number of nitrogens with one attached hydrogen (secondary N) is 1. The Morgan fingerprint density at radius 1 is 1.28 bits per heavy atom. The molecule has 6 rings (SSSR count). The maximum absolute atomic E-state index is 14.1. The summed E-state index contributed by atoms with van der Waals surface area (Å²) >= 11 is 5.33. The predicted octanol–water partition coefficient (Wildman–Crippen LogP) is 4.51. The first kappa shape index (κ1) is 19.3. The second-order valence-electron chi connectivity index (χ2n) is 9.20. The van der Waals surface area contributed by atoms with Crippen molar-refractivity contribution in [2.45, 2.75) is 56.9 Å². The van der Waals surface area contributed by atoms with Gasteiger partial charge in [-0.05, 0) is 74.6 Å². The molecule has 2 heterocycles. The average molecular weight is 422 g/mol. The van der Waals surface area contributed by atoms with Crippen molar-refractivity contribution < 1.29 is 13.5 Å². The van der Waals surface area contributed by atoms with Gasteiger partial charge in [-0.3, -0.25) is 9.78 Å². The number of aromatic nitrogens is 3. The molecule has 4 aliphatic carbocycles. The van der Waals surface area contributed by atoms with E-state index in [1.54, 1.807) is 11.7 Å². The van der Waals surface area contributed by atoms with E-state index >= 15 is 0 Å². The topological polar surface area (TPSA) is 59.9 Å². The molecule has 0 aliphatic heterocycles. The van der Waals surface area contributed by atoms with E-state index in [1.165, 1.54) is 25.3 Å². The lowest BCUT2D eigenvalue weighted by molar-refractivity contribution is -0.00722. The van der Waals surface area contributed by atoms with E-state index in [9.17, 15) is 13.6 Å². The SMILES string of the molecule is COCCn1c(=S)[nH]c(=O)c2c(C(F)F)cc(C34CC5CC(CC(C5)C3)C4)nc21. The third-order valence-electron chi connectivity index (χ3n) is 7.31. The summed E-state index contributed by atoms with van der Waals surface area (Å²) in [4.78, 5) is 20.0. The minimum absolute atomic E-state index is 0.0572. The lowest BCUT2D eigenvalue weighted by Crippen LogP contribution is -2.49. The molecule has 0 radical (unpaired) electrons. The first-order chi connectivity index (χ1) is 13.9. The van der Waals surface area contributed by atoms with E-state index in [1.807, 2.05) is 0 Å². The number of alkyl halides is 2. The molecule has 0 unspecified atom stereocenters. The molecule has 2 aromatic heterocycles. The van der Waals surface area contributed by atoms with Crippen LogP contribution >= 0.6 is 12.2 Å². The maximum Gasteiger partial charge on any atom is 0.264 e. The van der Waals surface area contributed by atoms with Gasteiger partial charge in [-0.1, -0.05) is 0 Å². The molecule has 8 heteroatoms. The highest BCUT2D eigenvalue weighted by Gasteiger charge is 2.52. The quantitative estimate of drug-likeness (QED) is 0.722. The molecule has 2 aromatic rings. The van der Waals surface area contributed by atoms with Crippen LogP contribution in [0, 0.1) is 22.5 Å². The van der Waals surface area contributed by atoms with Crippen LogP contribution in [0.1, 0.15) is 56.2 Å². The number of halogens is 2. The van der Waals surface area contributed by atoms with E-state index in [4.69, 9.17) is 21.9 Å². The summed E-state index contributed by atoms with van der Waals surface area (Å²) < 4.78 is 35.1. The van der Waals surface area contributed by atoms with Crippen LogP contribution in [0.5, 0.6) is 0 Å². The summed E-state index contributed by atoms with van der Waals surface area (Å²) in [6, 6.07) is 1.51. The van der Waals surface area contributed by atoms with Gasteiger partial charge in [-0.15, -0.1) is 0 Å². The molecule has 5 nitrogen and oxygen atoms in total. The molecule has 4 bridgehead atoms. The van der Waals surface area contributed by atoms with Gasteiger partial charge in [-0.2, -0.15) is 0 Å². The number of hydrogen-bond acceptors (Lipinski definition) is 4. The minimum Gasteiger partial charge on any atom is -0.383 e. The fraction of sp³-hybridized carbons (Fsp3) is 0.667. The highest BCUT2D eigenvalue weighted by atomic mass is 32.1. The fourth-order valence-corrected chi connectivity index (χ4v) is 6.83. The maximum atomic E-state index is 14.1. The van der Waals surface area contributed by atoms with E-state index in [2.05, 4.69) is 4.98 Å². The Morgan fingerprint density at radius 2 is 1.90 bits per heavy atom. The summed E-state index contributed by atoms with van der Waals surface area (Å²) in [7, 11) is 1.57. The van der Waals surface area contributed by atoms with Gasteiger partial charge in [-0.25, -0.2) is 13.8 Å². The molecular weight excluding hydrogens is 396 g/mol. The van der Waals surface area contributed by atoms with Crippen LogP contribution in [0.3, 0.4) is 0 Å². The lowest BCUT2D eigenvalue weighted by Gasteiger charge is -2.56. The van der Waals surface area contributed by atoms with E-state index in [0.717, 1.165) is 25.0 Å². The van der Waals surface area contributed by atoms with Crippen LogP contribution in [-0.4, -0.2) is 28.3 Å². The second kappa shape index (κ2) is 6.94. The number of rotatable bonds is 5. The molecule has 0 amide bonds. The number of ether oxygens (including phenoxy) is 1. The number of pyridine rings is 1. The number of H-pyrrole nitrogens is 1. The Balaban J connectivity index is 1.75. The van der Waals surface area contributed by atoms with Crippen molar-refractivity contribution in [3.05, 3.63) is 32.4 Å². The second-order valence-corrected chi connectivity index (χ2v) is 9.58. The third kappa shape index (κ3) is 3.06. The molecule has 1 N–H and O–H groups in total. The highest BCUT2D eigenvalue weighted by molar-refractivity contribution is 7.71. The summed E-state index contributed by atoms with van der Waals surface area (Å²) in [6.45, 7) is 0.700. The van der Waals surface area contributed by atoms with Gasteiger partial charge in [0.05, 0.1) is 18.5 Å². The van der Waals surface area contributed by atoms with Crippen LogP contribution in [-0.2, 0) is 16.7 Å². The van der Waals surface area contributed by atoms with Crippen LogP contribution in [0.4, 0.5) is 8.78 Å². The van der Waals surface area contributed by atoms with Crippen molar-refractivity contribution in [1.29, 1.82) is 0 Å². The fourth-order valence-electron chi connectivity index (χ4n) is 6.56. The molecule has 0 aromatic carbocycles. The molecule has 4 fully saturated rings. The molecule has 0 atom stereocenters. The van der Waals surface area contributed by atoms with Crippen molar-refractivity contribution in [3.8, 4) is 0 Å². The Kier molecular flexibility index (Phi) is 4.62. The van der Waals surface area contributed by atoms with Gasteiger partial charge in [0.25, 0.3) is 12.0 Å². The molecule has 0 spiro atoms. The Morgan fingerprint density at radius 3 is 2.45 bits per heavy atom. The molecule has 0 saturated heterocycles. The van der Waals surface area contributed by atoms with E-state index < -0.39 is 12.0 Å². The molecule has 29 heavy (non-hydrogen) atoms. The smallest absolute Gasteiger partial charge is 0.264 e. The van der Waals surface area contributed by atoms with E-state index in [0.29, 0.717) is 30.9 Å². The van der Waals surface area contributed by atoms with Crippen molar-refractivity contribution in [2.24, 2.45) is 17.8 Å². The molecule has 4 aliphatic rings. The third-order valence-corrected chi connectivity index (χ3v) is 7.64. The van der Waals surface area contributed by atoms with Gasteiger partial charge in [0.2, 0.25) is 0 Å². The number of methoxy groups -OCH3 is 1. The highest BCUT2D eigenvalue weighted by Crippen LogP contribution is 2.60. The zero-order chi connectivity index (χ0) is 20.3. The van der Waals surface area contributed by atoms with Gasteiger partial charge >= 0.3 is 0 Å². The number of fused-ring (bicyclic) bond motifs is 1. The first-order valence-electron chi connectivity index (χ1n) is 10.4. The van der Waals surface area contributed by atoms with Crippen LogP contribution in [0.2, 0.25) is 0 Å².